The lowest BCUT2D eigenvalue weighted by atomic mass is 10.1. The molecular weight excluding hydrogens is 382 g/mol. The number of hydrogen-bond donors (Lipinski definition) is 1. The number of hydrogen-bond acceptors (Lipinski definition) is 5. The molecule has 0 bridgehead atoms. The molecule has 0 unspecified atom stereocenters. The summed E-state index contributed by atoms with van der Waals surface area (Å²) in [5, 5.41) is 0. The van der Waals surface area contributed by atoms with Crippen LogP contribution in [0.2, 0.25) is 0 Å². The van der Waals surface area contributed by atoms with Crippen molar-refractivity contribution in [3.05, 3.63) is 58.8 Å². The second-order valence-electron chi connectivity index (χ2n) is 7.34. The van der Waals surface area contributed by atoms with Gasteiger partial charge in [-0.3, -0.25) is 14.0 Å². The molecule has 2 aromatic heterocycles. The number of ether oxygens (including phenoxy) is 1. The molecule has 0 atom stereocenters. The van der Waals surface area contributed by atoms with Gasteiger partial charge in [-0.05, 0) is 44.4 Å². The third-order valence-corrected chi connectivity index (χ3v) is 5.28. The Bertz CT molecular complexity index is 1090. The van der Waals surface area contributed by atoms with E-state index in [-0.39, 0.29) is 11.6 Å². The van der Waals surface area contributed by atoms with Crippen molar-refractivity contribution >= 4 is 17.5 Å². The molecule has 2 N–H and O–H groups in total. The second-order valence-corrected chi connectivity index (χ2v) is 7.34. The molecule has 158 valence electrons. The van der Waals surface area contributed by atoms with Gasteiger partial charge in [0.2, 0.25) is 5.91 Å². The van der Waals surface area contributed by atoms with Crippen LogP contribution in [0.5, 0.6) is 5.75 Å². The van der Waals surface area contributed by atoms with Crippen LogP contribution in [0.15, 0.2) is 30.6 Å². The van der Waals surface area contributed by atoms with Gasteiger partial charge in [-0.1, -0.05) is 18.2 Å². The number of aromatic nitrogens is 3. The zero-order valence-corrected chi connectivity index (χ0v) is 17.8. The van der Waals surface area contributed by atoms with Gasteiger partial charge in [0.25, 0.3) is 5.91 Å². The van der Waals surface area contributed by atoms with Gasteiger partial charge >= 0.3 is 0 Å². The maximum Gasteiger partial charge on any atom is 0.271 e. The van der Waals surface area contributed by atoms with Gasteiger partial charge in [0.15, 0.2) is 11.3 Å². The Labute approximate surface area is 175 Å². The summed E-state index contributed by atoms with van der Waals surface area (Å²) in [6, 6.07) is 7.81. The summed E-state index contributed by atoms with van der Waals surface area (Å²) in [4.78, 5) is 34.3. The fourth-order valence-electron chi connectivity index (χ4n) is 3.42. The summed E-state index contributed by atoms with van der Waals surface area (Å²) in [6.07, 6.45) is 2.44. The molecule has 3 rings (SSSR count). The summed E-state index contributed by atoms with van der Waals surface area (Å²) in [5.74, 6) is 0.256. The van der Waals surface area contributed by atoms with E-state index in [9.17, 15) is 9.59 Å². The summed E-state index contributed by atoms with van der Waals surface area (Å²) in [7, 11) is 1.78. The van der Waals surface area contributed by atoms with Crippen molar-refractivity contribution in [2.45, 2.75) is 33.6 Å². The highest BCUT2D eigenvalue weighted by atomic mass is 16.5. The van der Waals surface area contributed by atoms with Crippen LogP contribution in [-0.2, 0) is 11.2 Å². The summed E-state index contributed by atoms with van der Waals surface area (Å²) >= 11 is 0. The highest BCUT2D eigenvalue weighted by Crippen LogP contribution is 2.19. The number of nitrogens with zero attached hydrogens (tertiary/aromatic N) is 4. The summed E-state index contributed by atoms with van der Waals surface area (Å²) in [6.45, 7) is 6.72. The topological polar surface area (TPSA) is 103 Å². The monoisotopic (exact) mass is 409 g/mol. The lowest BCUT2D eigenvalue weighted by molar-refractivity contribution is -0.130. The van der Waals surface area contributed by atoms with Gasteiger partial charge < -0.3 is 15.4 Å². The fourth-order valence-corrected chi connectivity index (χ4v) is 3.42. The molecule has 2 heterocycles. The van der Waals surface area contributed by atoms with Gasteiger partial charge in [0.1, 0.15) is 18.7 Å². The number of benzene rings is 1. The van der Waals surface area contributed by atoms with Gasteiger partial charge in [0.05, 0.1) is 6.54 Å². The highest BCUT2D eigenvalue weighted by molar-refractivity contribution is 5.96. The number of amides is 2. The molecule has 8 nitrogen and oxygen atoms in total. The first-order valence-corrected chi connectivity index (χ1v) is 9.85. The van der Waals surface area contributed by atoms with Crippen molar-refractivity contribution in [1.29, 1.82) is 0 Å². The lowest BCUT2D eigenvalue weighted by Gasteiger charge is -2.19. The molecule has 2 amide bonds. The molecule has 0 aliphatic carbocycles. The Morgan fingerprint density at radius 2 is 1.93 bits per heavy atom. The van der Waals surface area contributed by atoms with Crippen molar-refractivity contribution in [3.8, 4) is 5.75 Å². The number of carbonyl (C=O) groups is 2. The van der Waals surface area contributed by atoms with Crippen LogP contribution < -0.4 is 10.5 Å². The minimum absolute atomic E-state index is 0.0331. The van der Waals surface area contributed by atoms with Crippen molar-refractivity contribution in [2.75, 3.05) is 20.2 Å². The first kappa shape index (κ1) is 21.3. The molecule has 3 aromatic rings. The standard InChI is InChI=1S/C22H27N5O3/c1-14-7-5-6-8-18(14)30-12-11-26(4)19(28)10-9-17-15(2)25-22-20(21(23)29)24-13-27(22)16(17)3/h5-8,13H,9-12H2,1-4H3,(H2,23,29). The van der Waals surface area contributed by atoms with Gasteiger partial charge in [-0.2, -0.15) is 0 Å². The summed E-state index contributed by atoms with van der Waals surface area (Å²) in [5.41, 5.74) is 9.66. The molecule has 0 radical (unpaired) electrons. The van der Waals surface area contributed by atoms with Crippen LogP contribution in [0, 0.1) is 20.8 Å². The molecule has 0 aliphatic rings. The van der Waals surface area contributed by atoms with E-state index in [4.69, 9.17) is 10.5 Å². The number of nitrogens with two attached hydrogens (primary N) is 1. The first-order chi connectivity index (χ1) is 14.3. The molecule has 1 aromatic carbocycles. The number of aryl methyl sites for hydroxylation is 3. The SMILES string of the molecule is Cc1ccccc1OCCN(C)C(=O)CCc1c(C)nc2c(C(N)=O)ncn2c1C. The molecular formula is C22H27N5O3. The highest BCUT2D eigenvalue weighted by Gasteiger charge is 2.18. The maximum absolute atomic E-state index is 12.6. The van der Waals surface area contributed by atoms with E-state index in [1.807, 2.05) is 45.0 Å². The molecule has 0 saturated carbocycles. The number of fused-ring (bicyclic) bond motifs is 1. The van der Waals surface area contributed by atoms with Crippen LogP contribution in [0.25, 0.3) is 5.65 Å². The van der Waals surface area contributed by atoms with E-state index >= 15 is 0 Å². The fraction of sp³-hybridized carbons (Fsp3) is 0.364. The molecule has 0 aliphatic heterocycles. The van der Waals surface area contributed by atoms with Crippen LogP contribution in [0.3, 0.4) is 0 Å². The molecule has 0 spiro atoms. The predicted molar refractivity (Wildman–Crippen MR) is 114 cm³/mol. The first-order valence-electron chi connectivity index (χ1n) is 9.85. The van der Waals surface area contributed by atoms with Crippen molar-refractivity contribution in [2.24, 2.45) is 5.73 Å². The third kappa shape index (κ3) is 4.42. The van der Waals surface area contributed by atoms with E-state index < -0.39 is 5.91 Å². The molecule has 0 fully saturated rings. The molecule has 0 saturated heterocycles. The predicted octanol–water partition coefficient (Wildman–Crippen LogP) is 2.22. The van der Waals surface area contributed by atoms with E-state index in [0.717, 1.165) is 28.3 Å². The Morgan fingerprint density at radius 1 is 1.20 bits per heavy atom. The summed E-state index contributed by atoms with van der Waals surface area (Å²) < 4.78 is 7.52. The van der Waals surface area contributed by atoms with E-state index in [1.165, 1.54) is 6.33 Å². The molecule has 30 heavy (non-hydrogen) atoms. The van der Waals surface area contributed by atoms with Crippen molar-refractivity contribution in [1.82, 2.24) is 19.3 Å². The Kier molecular flexibility index (Phi) is 6.34. The largest absolute Gasteiger partial charge is 0.491 e. The number of para-hydroxylation sites is 1. The lowest BCUT2D eigenvalue weighted by Crippen LogP contribution is -2.31. The zero-order chi connectivity index (χ0) is 21.8. The average molecular weight is 409 g/mol. The molecule has 8 heteroatoms. The van der Waals surface area contributed by atoms with Crippen molar-refractivity contribution < 1.29 is 14.3 Å². The van der Waals surface area contributed by atoms with E-state index in [2.05, 4.69) is 9.97 Å². The maximum atomic E-state index is 12.6. The second kappa shape index (κ2) is 8.94. The van der Waals surface area contributed by atoms with Crippen LogP contribution in [-0.4, -0.2) is 51.3 Å². The average Bonchev–Trinajstić information content (AvgIpc) is 3.13. The van der Waals surface area contributed by atoms with Crippen LogP contribution in [0.4, 0.5) is 0 Å². The minimum atomic E-state index is -0.610. The van der Waals surface area contributed by atoms with Crippen molar-refractivity contribution in [3.63, 3.8) is 0 Å². The van der Waals surface area contributed by atoms with Gasteiger partial charge in [0, 0.05) is 24.9 Å². The number of imidazole rings is 1. The zero-order valence-electron chi connectivity index (χ0n) is 17.8. The van der Waals surface area contributed by atoms with Gasteiger partial charge in [-0.25, -0.2) is 9.97 Å². The number of rotatable bonds is 8. The number of carbonyl (C=O) groups excluding carboxylic acids is 2. The Balaban J connectivity index is 1.60. The normalized spacial score (nSPS) is 10.9. The quantitative estimate of drug-likeness (QED) is 0.614. The minimum Gasteiger partial charge on any atom is -0.491 e. The van der Waals surface area contributed by atoms with Crippen LogP contribution in [0.1, 0.15) is 39.4 Å². The van der Waals surface area contributed by atoms with Crippen LogP contribution >= 0.6 is 0 Å². The Morgan fingerprint density at radius 3 is 2.63 bits per heavy atom. The smallest absolute Gasteiger partial charge is 0.271 e. The number of likely N-dealkylation sites (N-methyl/N-ethyl adjacent to an activating group) is 1. The third-order valence-electron chi connectivity index (χ3n) is 5.28. The van der Waals surface area contributed by atoms with E-state index in [1.54, 1.807) is 16.3 Å². The van der Waals surface area contributed by atoms with Gasteiger partial charge in [-0.15, -0.1) is 0 Å². The van der Waals surface area contributed by atoms with E-state index in [0.29, 0.717) is 31.6 Å². The Hall–Kier alpha value is -3.42. The number of primary amides is 1.